The van der Waals surface area contributed by atoms with Gasteiger partial charge in [0.25, 0.3) is 0 Å². The first kappa shape index (κ1) is 26.9. The van der Waals surface area contributed by atoms with Crippen LogP contribution in [0, 0.1) is 0 Å². The van der Waals surface area contributed by atoms with Crippen molar-refractivity contribution < 1.29 is 14.3 Å². The van der Waals surface area contributed by atoms with Crippen LogP contribution in [0.5, 0.6) is 0 Å². The molecule has 0 radical (unpaired) electrons. The van der Waals surface area contributed by atoms with Gasteiger partial charge in [0.15, 0.2) is 0 Å². The largest absolute Gasteiger partial charge is 0.447 e. The zero-order chi connectivity index (χ0) is 25.8. The topological polar surface area (TPSA) is 83.9 Å². The van der Waals surface area contributed by atoms with Crippen molar-refractivity contribution in [1.29, 1.82) is 0 Å². The Bertz CT molecular complexity index is 1230. The highest BCUT2D eigenvalue weighted by Gasteiger charge is 2.22. The summed E-state index contributed by atoms with van der Waals surface area (Å²) in [7, 11) is 1.74. The summed E-state index contributed by atoms with van der Waals surface area (Å²) >= 11 is 6.23. The Morgan fingerprint density at radius 2 is 1.92 bits per heavy atom. The molecule has 3 rings (SSSR count). The number of nitrogens with one attached hydrogen (secondary N) is 1. The third-order valence-electron chi connectivity index (χ3n) is 5.94. The summed E-state index contributed by atoms with van der Waals surface area (Å²) in [5.41, 5.74) is 0.929. The number of carbonyl (C=O) groups is 2. The summed E-state index contributed by atoms with van der Waals surface area (Å²) in [6.45, 7) is 4.16. The van der Waals surface area contributed by atoms with E-state index >= 15 is 0 Å². The molecule has 1 heterocycles. The van der Waals surface area contributed by atoms with Crippen molar-refractivity contribution in [3.63, 3.8) is 0 Å². The minimum absolute atomic E-state index is 0.0377. The van der Waals surface area contributed by atoms with E-state index in [1.54, 1.807) is 24.2 Å². The molecule has 7 nitrogen and oxygen atoms in total. The molecule has 0 saturated carbocycles. The van der Waals surface area contributed by atoms with Crippen LogP contribution in [0.25, 0.3) is 10.8 Å². The average Bonchev–Trinajstić information content (AvgIpc) is 2.89. The maximum absolute atomic E-state index is 12.9. The number of aromatic nitrogens is 1. The SMILES string of the molecule is C=C=NCCCC[C@@H](COC(=O)Nc1cc2ccccc2cn1)N(C)C(=O)CCc1ccccc1Cl. The molecule has 0 fully saturated rings. The summed E-state index contributed by atoms with van der Waals surface area (Å²) < 4.78 is 5.50. The number of rotatable bonds is 12. The fraction of sp³-hybridized carbons (Fsp3) is 0.321. The normalized spacial score (nSPS) is 11.4. The van der Waals surface area contributed by atoms with Gasteiger partial charge in [-0.1, -0.05) is 54.1 Å². The van der Waals surface area contributed by atoms with Gasteiger partial charge in [-0.05, 0) is 61.2 Å². The van der Waals surface area contributed by atoms with Gasteiger partial charge < -0.3 is 9.64 Å². The number of pyridine rings is 1. The maximum atomic E-state index is 12.9. The molecular formula is C28H31ClN4O3. The maximum Gasteiger partial charge on any atom is 0.412 e. The number of aryl methyl sites for hydroxylation is 1. The number of carbonyl (C=O) groups excluding carboxylic acids is 2. The van der Waals surface area contributed by atoms with Crippen molar-refractivity contribution in [3.8, 4) is 0 Å². The number of hydrogen-bond donors (Lipinski definition) is 1. The molecule has 8 heteroatoms. The molecule has 0 aliphatic heterocycles. The van der Waals surface area contributed by atoms with Crippen LogP contribution in [0.1, 0.15) is 31.2 Å². The Morgan fingerprint density at radius 3 is 2.69 bits per heavy atom. The molecule has 0 spiro atoms. The first-order chi connectivity index (χ1) is 17.5. The summed E-state index contributed by atoms with van der Waals surface area (Å²) in [5, 5.41) is 5.27. The van der Waals surface area contributed by atoms with Gasteiger partial charge in [0, 0.05) is 36.6 Å². The van der Waals surface area contributed by atoms with Crippen molar-refractivity contribution in [2.24, 2.45) is 4.99 Å². The highest BCUT2D eigenvalue weighted by atomic mass is 35.5. The number of hydrogen-bond acceptors (Lipinski definition) is 5. The van der Waals surface area contributed by atoms with E-state index in [9.17, 15) is 9.59 Å². The van der Waals surface area contributed by atoms with Crippen molar-refractivity contribution in [3.05, 3.63) is 78.0 Å². The number of benzene rings is 2. The first-order valence-electron chi connectivity index (χ1n) is 11.9. The van der Waals surface area contributed by atoms with Crippen molar-refractivity contribution in [2.45, 2.75) is 38.1 Å². The Labute approximate surface area is 216 Å². The molecule has 1 N–H and O–H groups in total. The summed E-state index contributed by atoms with van der Waals surface area (Å²) in [5.74, 6) is 2.89. The zero-order valence-corrected chi connectivity index (χ0v) is 21.2. The average molecular weight is 507 g/mol. The quantitative estimate of drug-likeness (QED) is 0.244. The van der Waals surface area contributed by atoms with Gasteiger partial charge in [-0.3, -0.25) is 10.1 Å². The van der Waals surface area contributed by atoms with Crippen LogP contribution >= 0.6 is 11.6 Å². The van der Waals surface area contributed by atoms with Crippen LogP contribution in [0.4, 0.5) is 10.6 Å². The first-order valence-corrected chi connectivity index (χ1v) is 12.3. The second kappa shape index (κ2) is 14.0. The second-order valence-corrected chi connectivity index (χ2v) is 8.83. The molecule has 0 aliphatic rings. The van der Waals surface area contributed by atoms with E-state index in [1.807, 2.05) is 48.5 Å². The van der Waals surface area contributed by atoms with Gasteiger partial charge in [0.05, 0.1) is 6.04 Å². The smallest absolute Gasteiger partial charge is 0.412 e. The third-order valence-corrected chi connectivity index (χ3v) is 6.31. The van der Waals surface area contributed by atoms with Crippen molar-refractivity contribution in [2.75, 3.05) is 25.5 Å². The van der Waals surface area contributed by atoms with E-state index < -0.39 is 6.09 Å². The number of anilines is 1. The molecular weight excluding hydrogens is 476 g/mol. The number of aliphatic imine (C=N–C) groups is 1. The number of unbranched alkanes of at least 4 members (excludes halogenated alkanes) is 1. The number of fused-ring (bicyclic) bond motifs is 1. The van der Waals surface area contributed by atoms with E-state index in [0.29, 0.717) is 36.6 Å². The molecule has 3 aromatic rings. The van der Waals surface area contributed by atoms with Crippen LogP contribution in [-0.2, 0) is 16.0 Å². The van der Waals surface area contributed by atoms with E-state index in [-0.39, 0.29) is 18.6 Å². The van der Waals surface area contributed by atoms with Crippen molar-refractivity contribution in [1.82, 2.24) is 9.88 Å². The standard InChI is InChI=1S/C28H31ClN4O3/c1-3-30-17-9-8-13-24(33(2)27(34)16-15-21-10-6-7-14-25(21)29)20-36-28(35)32-26-18-22-11-4-5-12-23(22)19-31-26/h4-7,10-12,14,18-19,24H,1,8-9,13,15-17,20H2,2H3,(H,31,32,35)/t24-/m0/s1. The predicted molar refractivity (Wildman–Crippen MR) is 145 cm³/mol. The van der Waals surface area contributed by atoms with Crippen LogP contribution in [0.15, 0.2) is 72.4 Å². The molecule has 0 unspecified atom stereocenters. The van der Waals surface area contributed by atoms with Crippen LogP contribution < -0.4 is 5.32 Å². The highest BCUT2D eigenvalue weighted by Crippen LogP contribution is 2.19. The molecule has 1 atom stereocenters. The fourth-order valence-electron chi connectivity index (χ4n) is 3.83. The lowest BCUT2D eigenvalue weighted by atomic mass is 10.1. The Balaban J connectivity index is 1.57. The molecule has 2 amide bonds. The molecule has 36 heavy (non-hydrogen) atoms. The summed E-state index contributed by atoms with van der Waals surface area (Å²) in [6.07, 6.45) is 4.25. The minimum atomic E-state index is -0.615. The van der Waals surface area contributed by atoms with Crippen LogP contribution in [-0.4, -0.2) is 54.0 Å². The summed E-state index contributed by atoms with van der Waals surface area (Å²) in [6, 6.07) is 16.8. The monoisotopic (exact) mass is 506 g/mol. The Kier molecular flexibility index (Phi) is 10.5. The Morgan fingerprint density at radius 1 is 1.17 bits per heavy atom. The van der Waals surface area contributed by atoms with E-state index in [0.717, 1.165) is 29.2 Å². The minimum Gasteiger partial charge on any atom is -0.447 e. The Hall–Kier alpha value is -3.67. The van der Waals surface area contributed by atoms with Gasteiger partial charge in [0.1, 0.15) is 12.4 Å². The highest BCUT2D eigenvalue weighted by molar-refractivity contribution is 6.31. The number of amides is 2. The molecule has 0 saturated heterocycles. The lowest BCUT2D eigenvalue weighted by Crippen LogP contribution is -2.41. The lowest BCUT2D eigenvalue weighted by molar-refractivity contribution is -0.132. The van der Waals surface area contributed by atoms with Gasteiger partial charge in [-0.25, -0.2) is 14.8 Å². The zero-order valence-electron chi connectivity index (χ0n) is 20.5. The van der Waals surface area contributed by atoms with Gasteiger partial charge in [0.2, 0.25) is 5.91 Å². The molecule has 188 valence electrons. The van der Waals surface area contributed by atoms with Crippen molar-refractivity contribution >= 4 is 46.1 Å². The molecule has 2 aromatic carbocycles. The van der Waals surface area contributed by atoms with Crippen LogP contribution in [0.2, 0.25) is 5.02 Å². The van der Waals surface area contributed by atoms with Gasteiger partial charge in [-0.15, -0.1) is 0 Å². The van der Waals surface area contributed by atoms with Crippen LogP contribution in [0.3, 0.4) is 0 Å². The molecule has 1 aromatic heterocycles. The predicted octanol–water partition coefficient (Wildman–Crippen LogP) is 5.92. The third kappa shape index (κ3) is 8.22. The summed E-state index contributed by atoms with van der Waals surface area (Å²) in [4.78, 5) is 35.4. The fourth-order valence-corrected chi connectivity index (χ4v) is 4.06. The number of ether oxygens (including phenoxy) is 1. The lowest BCUT2D eigenvalue weighted by Gasteiger charge is -2.28. The second-order valence-electron chi connectivity index (χ2n) is 8.43. The molecule has 0 bridgehead atoms. The van der Waals surface area contributed by atoms with E-state index in [1.165, 1.54) is 0 Å². The van der Waals surface area contributed by atoms with E-state index in [4.69, 9.17) is 16.3 Å². The number of halogens is 1. The molecule has 0 aliphatic carbocycles. The number of likely N-dealkylation sites (N-methyl/N-ethyl adjacent to an activating group) is 1. The number of nitrogens with zero attached hydrogens (tertiary/aromatic N) is 3. The van der Waals surface area contributed by atoms with Gasteiger partial charge in [-0.2, -0.15) is 0 Å². The van der Waals surface area contributed by atoms with E-state index in [2.05, 4.69) is 27.7 Å². The van der Waals surface area contributed by atoms with Gasteiger partial charge >= 0.3 is 6.09 Å².